The zero-order chi connectivity index (χ0) is 22.1. The van der Waals surface area contributed by atoms with Crippen molar-refractivity contribution in [1.29, 1.82) is 0 Å². The Labute approximate surface area is 159 Å². The Morgan fingerprint density at radius 2 is 1.39 bits per heavy atom. The van der Waals surface area contributed by atoms with E-state index in [2.05, 4.69) is 0 Å². The van der Waals surface area contributed by atoms with Gasteiger partial charge in [0.1, 0.15) is 16.9 Å². The summed E-state index contributed by atoms with van der Waals surface area (Å²) in [6.45, 7) is 8.91. The van der Waals surface area contributed by atoms with Crippen LogP contribution in [-0.2, 0) is 15.7 Å². The number of halogens is 3. The van der Waals surface area contributed by atoms with Crippen molar-refractivity contribution >= 4 is 23.6 Å². The topological polar surface area (TPSA) is 99.0 Å². The molecule has 0 bridgehead atoms. The SMILES string of the molecule is CC(C)(C)OC(=O)N(C(=O)OC(C)(C)C)c1ccc(C(F)(F)F)cc1[N+](=O)[O-]. The summed E-state index contributed by atoms with van der Waals surface area (Å²) in [5.41, 5.74) is -5.29. The summed E-state index contributed by atoms with van der Waals surface area (Å²) < 4.78 is 48.8. The van der Waals surface area contributed by atoms with Crippen LogP contribution in [0.15, 0.2) is 18.2 Å². The van der Waals surface area contributed by atoms with E-state index in [4.69, 9.17) is 9.47 Å². The molecule has 28 heavy (non-hydrogen) atoms. The zero-order valence-electron chi connectivity index (χ0n) is 16.2. The van der Waals surface area contributed by atoms with Crippen LogP contribution in [0.25, 0.3) is 0 Å². The lowest BCUT2D eigenvalue weighted by molar-refractivity contribution is -0.384. The summed E-state index contributed by atoms with van der Waals surface area (Å²) in [5, 5.41) is 11.3. The van der Waals surface area contributed by atoms with Gasteiger partial charge in [-0.2, -0.15) is 18.1 Å². The summed E-state index contributed by atoms with van der Waals surface area (Å²) in [6.07, 6.45) is -7.51. The van der Waals surface area contributed by atoms with Crippen LogP contribution in [0.5, 0.6) is 0 Å². The minimum Gasteiger partial charge on any atom is -0.443 e. The molecule has 0 aliphatic rings. The van der Waals surface area contributed by atoms with Gasteiger partial charge in [0, 0.05) is 6.07 Å². The Hall–Kier alpha value is -2.85. The van der Waals surface area contributed by atoms with E-state index in [1.165, 1.54) is 41.5 Å². The van der Waals surface area contributed by atoms with Crippen LogP contribution in [0.4, 0.5) is 34.1 Å². The van der Waals surface area contributed by atoms with Crippen LogP contribution in [-0.4, -0.2) is 28.3 Å². The second-order valence-corrected chi connectivity index (χ2v) is 7.75. The maximum Gasteiger partial charge on any atom is 0.424 e. The number of amides is 2. The number of ether oxygens (including phenoxy) is 2. The number of carbonyl (C=O) groups is 2. The summed E-state index contributed by atoms with van der Waals surface area (Å²) in [6, 6.07) is 1.40. The Kier molecular flexibility index (Phi) is 6.33. The number of carbonyl (C=O) groups excluding carboxylic acids is 2. The lowest BCUT2D eigenvalue weighted by Crippen LogP contribution is -2.44. The molecule has 0 atom stereocenters. The highest BCUT2D eigenvalue weighted by atomic mass is 19.4. The Bertz CT molecular complexity index is 751. The molecule has 0 radical (unpaired) electrons. The third-order valence-corrected chi connectivity index (χ3v) is 2.89. The standard InChI is InChI=1S/C17H21F3N2O6/c1-15(2,3)27-13(23)21(14(24)28-16(4,5)6)11-8-7-10(17(18,19)20)9-12(11)22(25)26/h7-9H,1-6H3. The second-order valence-electron chi connectivity index (χ2n) is 7.75. The Morgan fingerprint density at radius 1 is 0.964 bits per heavy atom. The van der Waals surface area contributed by atoms with Crippen molar-refractivity contribution in [2.24, 2.45) is 0 Å². The predicted molar refractivity (Wildman–Crippen MR) is 93.0 cm³/mol. The quantitative estimate of drug-likeness (QED) is 0.489. The van der Waals surface area contributed by atoms with Crippen molar-refractivity contribution in [2.45, 2.75) is 58.9 Å². The number of anilines is 1. The van der Waals surface area contributed by atoms with Crippen molar-refractivity contribution in [3.63, 3.8) is 0 Å². The largest absolute Gasteiger partial charge is 0.443 e. The molecule has 0 spiro atoms. The van der Waals surface area contributed by atoms with Gasteiger partial charge in [-0.25, -0.2) is 9.59 Å². The predicted octanol–water partition coefficient (Wildman–Crippen LogP) is 5.29. The lowest BCUT2D eigenvalue weighted by atomic mass is 10.1. The average Bonchev–Trinajstić information content (AvgIpc) is 2.42. The van der Waals surface area contributed by atoms with Gasteiger partial charge in [-0.1, -0.05) is 0 Å². The van der Waals surface area contributed by atoms with Crippen LogP contribution in [0.1, 0.15) is 47.1 Å². The van der Waals surface area contributed by atoms with E-state index in [1.54, 1.807) is 0 Å². The second kappa shape index (κ2) is 7.64. The minimum atomic E-state index is -4.86. The van der Waals surface area contributed by atoms with Gasteiger partial charge in [-0.05, 0) is 53.7 Å². The maximum absolute atomic E-state index is 12.9. The molecule has 1 aromatic rings. The first-order valence-corrected chi connectivity index (χ1v) is 8.04. The maximum atomic E-state index is 12.9. The van der Waals surface area contributed by atoms with E-state index >= 15 is 0 Å². The summed E-state index contributed by atoms with van der Waals surface area (Å²) in [5.74, 6) is 0. The molecule has 0 aliphatic carbocycles. The molecule has 8 nitrogen and oxygen atoms in total. The molecule has 2 amide bonds. The number of benzene rings is 1. The number of rotatable bonds is 2. The van der Waals surface area contributed by atoms with Gasteiger partial charge < -0.3 is 9.47 Å². The Balaban J connectivity index is 3.58. The third-order valence-electron chi connectivity index (χ3n) is 2.89. The first-order valence-electron chi connectivity index (χ1n) is 8.04. The molecular weight excluding hydrogens is 385 g/mol. The molecule has 1 aromatic carbocycles. The molecule has 0 fully saturated rings. The minimum absolute atomic E-state index is 0.203. The van der Waals surface area contributed by atoms with Gasteiger partial charge in [-0.3, -0.25) is 10.1 Å². The van der Waals surface area contributed by atoms with Crippen LogP contribution < -0.4 is 4.90 Å². The van der Waals surface area contributed by atoms with Crippen molar-refractivity contribution in [3.05, 3.63) is 33.9 Å². The van der Waals surface area contributed by atoms with Crippen molar-refractivity contribution in [3.8, 4) is 0 Å². The zero-order valence-corrected chi connectivity index (χ0v) is 16.2. The van der Waals surface area contributed by atoms with Crippen molar-refractivity contribution < 1.29 is 37.2 Å². The fourth-order valence-electron chi connectivity index (χ4n) is 1.92. The first-order chi connectivity index (χ1) is 12.4. The van der Waals surface area contributed by atoms with E-state index in [-0.39, 0.29) is 11.0 Å². The number of nitrogens with zero attached hydrogens (tertiary/aromatic N) is 2. The van der Waals surface area contributed by atoms with Crippen LogP contribution >= 0.6 is 0 Å². The Morgan fingerprint density at radius 3 is 1.71 bits per heavy atom. The number of nitro groups is 1. The number of alkyl halides is 3. The highest BCUT2D eigenvalue weighted by molar-refractivity contribution is 6.11. The summed E-state index contributed by atoms with van der Waals surface area (Å²) >= 11 is 0. The molecule has 0 unspecified atom stereocenters. The fourth-order valence-corrected chi connectivity index (χ4v) is 1.92. The summed E-state index contributed by atoms with van der Waals surface area (Å²) in [7, 11) is 0. The van der Waals surface area contributed by atoms with Crippen LogP contribution in [0.2, 0.25) is 0 Å². The molecule has 0 N–H and O–H groups in total. The number of hydrogen-bond acceptors (Lipinski definition) is 6. The monoisotopic (exact) mass is 406 g/mol. The van der Waals surface area contributed by atoms with Gasteiger partial charge >= 0.3 is 18.4 Å². The van der Waals surface area contributed by atoms with Crippen molar-refractivity contribution in [2.75, 3.05) is 4.90 Å². The van der Waals surface area contributed by atoms with Gasteiger partial charge in [0.25, 0.3) is 5.69 Å². The van der Waals surface area contributed by atoms with Gasteiger partial charge in [0.2, 0.25) is 0 Å². The van der Waals surface area contributed by atoms with E-state index in [0.29, 0.717) is 12.1 Å². The smallest absolute Gasteiger partial charge is 0.424 e. The number of hydrogen-bond donors (Lipinski definition) is 0. The highest BCUT2D eigenvalue weighted by Crippen LogP contribution is 2.37. The van der Waals surface area contributed by atoms with Crippen LogP contribution in [0.3, 0.4) is 0 Å². The summed E-state index contributed by atoms with van der Waals surface area (Å²) in [4.78, 5) is 35.4. The third kappa shape index (κ3) is 6.39. The van der Waals surface area contributed by atoms with Gasteiger partial charge in [0.05, 0.1) is 10.5 Å². The van der Waals surface area contributed by atoms with E-state index in [0.717, 1.165) is 0 Å². The average molecular weight is 406 g/mol. The molecular formula is C17H21F3N2O6. The lowest BCUT2D eigenvalue weighted by Gasteiger charge is -2.28. The normalized spacial score (nSPS) is 12.3. The molecule has 1 rings (SSSR count). The molecule has 156 valence electrons. The molecule has 0 aliphatic heterocycles. The van der Waals surface area contributed by atoms with E-state index < -0.39 is 51.4 Å². The number of imide groups is 1. The van der Waals surface area contributed by atoms with E-state index in [1.807, 2.05) is 0 Å². The fraction of sp³-hybridized carbons (Fsp3) is 0.529. The number of nitro benzene ring substituents is 1. The molecule has 0 aromatic heterocycles. The first kappa shape index (κ1) is 23.2. The molecule has 0 heterocycles. The van der Waals surface area contributed by atoms with Crippen LogP contribution in [0, 0.1) is 10.1 Å². The molecule has 11 heteroatoms. The van der Waals surface area contributed by atoms with Gasteiger partial charge in [-0.15, -0.1) is 0 Å². The molecule has 0 saturated heterocycles. The van der Waals surface area contributed by atoms with Gasteiger partial charge in [0.15, 0.2) is 0 Å². The highest BCUT2D eigenvalue weighted by Gasteiger charge is 2.39. The van der Waals surface area contributed by atoms with E-state index in [9.17, 15) is 32.9 Å². The van der Waals surface area contributed by atoms with Crippen molar-refractivity contribution in [1.82, 2.24) is 0 Å². The molecule has 0 saturated carbocycles.